The van der Waals surface area contributed by atoms with E-state index in [0.29, 0.717) is 25.8 Å². The number of nitrogens with zero attached hydrogens (tertiary/aromatic N) is 1. The van der Waals surface area contributed by atoms with Gasteiger partial charge in [0.25, 0.3) is 0 Å². The number of carbonyl (C=O) groups is 3. The number of likely N-dealkylation sites (tertiary alicyclic amines) is 1. The van der Waals surface area contributed by atoms with Crippen LogP contribution in [-0.4, -0.2) is 59.7 Å². The van der Waals surface area contributed by atoms with Gasteiger partial charge < -0.3 is 19.7 Å². The van der Waals surface area contributed by atoms with Crippen LogP contribution in [0.5, 0.6) is 5.75 Å². The highest BCUT2D eigenvalue weighted by Gasteiger charge is 2.27. The molecule has 1 aliphatic rings. The zero-order valence-electron chi connectivity index (χ0n) is 13.5. The van der Waals surface area contributed by atoms with Gasteiger partial charge in [0.15, 0.2) is 12.1 Å². The summed E-state index contributed by atoms with van der Waals surface area (Å²) in [4.78, 5) is 36.6. The lowest BCUT2D eigenvalue weighted by Crippen LogP contribution is -2.42. The van der Waals surface area contributed by atoms with Crippen molar-refractivity contribution in [3.63, 3.8) is 0 Å². The first-order valence-electron chi connectivity index (χ1n) is 7.79. The Morgan fingerprint density at radius 1 is 1.42 bits per heavy atom. The maximum atomic E-state index is 12.3. The third-order valence-corrected chi connectivity index (χ3v) is 4.19. The maximum Gasteiger partial charge on any atom is 0.489 e. The number of carbonyl (C=O) groups excluding carboxylic acids is 3. The molecule has 1 aromatic carbocycles. The van der Waals surface area contributed by atoms with Gasteiger partial charge in [-0.05, 0) is 24.4 Å². The summed E-state index contributed by atoms with van der Waals surface area (Å²) in [6.07, 6.45) is 1.93. The molecular weight excluding hydrogens is 313 g/mol. The topological polar surface area (TPSA) is 104 Å². The molecule has 1 saturated heterocycles. The van der Waals surface area contributed by atoms with Gasteiger partial charge in [-0.25, -0.2) is 0 Å². The molecule has 128 valence electrons. The fraction of sp³-hybridized carbons (Fsp3) is 0.438. The molecule has 1 fully saturated rings. The molecule has 0 saturated carbocycles. The van der Waals surface area contributed by atoms with Gasteiger partial charge in [0.05, 0.1) is 5.56 Å². The number of ketones is 1. The minimum Gasteiger partial charge on any atom is -0.485 e. The van der Waals surface area contributed by atoms with Crippen LogP contribution < -0.4 is 10.2 Å². The number of benzene rings is 1. The lowest BCUT2D eigenvalue weighted by molar-refractivity contribution is -0.133. The zero-order valence-corrected chi connectivity index (χ0v) is 13.5. The Morgan fingerprint density at radius 3 is 2.79 bits per heavy atom. The Balaban J connectivity index is 2.03. The van der Waals surface area contributed by atoms with Crippen molar-refractivity contribution in [1.29, 1.82) is 0 Å². The van der Waals surface area contributed by atoms with E-state index in [9.17, 15) is 24.4 Å². The van der Waals surface area contributed by atoms with E-state index in [1.165, 1.54) is 25.1 Å². The number of hydrogen-bond acceptors (Lipinski definition) is 6. The highest BCUT2D eigenvalue weighted by Crippen LogP contribution is 2.19. The van der Waals surface area contributed by atoms with Crippen LogP contribution in [0.25, 0.3) is 0 Å². The number of hydrogen-bond donors (Lipinski definition) is 2. The van der Waals surface area contributed by atoms with Crippen molar-refractivity contribution in [2.24, 2.45) is 5.92 Å². The molecule has 1 unspecified atom stereocenters. The molecular formula is C16H20BNO6. The average molecular weight is 333 g/mol. The van der Waals surface area contributed by atoms with Gasteiger partial charge in [-0.15, -0.1) is 0 Å². The fourth-order valence-corrected chi connectivity index (χ4v) is 2.83. The number of piperidine rings is 1. The van der Waals surface area contributed by atoms with E-state index < -0.39 is 7.12 Å². The van der Waals surface area contributed by atoms with Crippen molar-refractivity contribution in [3.05, 3.63) is 23.8 Å². The fourth-order valence-electron chi connectivity index (χ4n) is 2.83. The van der Waals surface area contributed by atoms with Crippen molar-refractivity contribution >= 4 is 30.6 Å². The molecule has 2 rings (SSSR count). The van der Waals surface area contributed by atoms with Crippen molar-refractivity contribution in [1.82, 2.24) is 4.90 Å². The first kappa shape index (κ1) is 18.2. The van der Waals surface area contributed by atoms with Gasteiger partial charge >= 0.3 is 7.12 Å². The number of Topliss-reactive ketones (excluding diaryl/α,β-unsaturated/α-hetero) is 1. The smallest absolute Gasteiger partial charge is 0.485 e. The van der Waals surface area contributed by atoms with Crippen LogP contribution in [0.1, 0.15) is 30.1 Å². The molecule has 1 heterocycles. The average Bonchev–Trinajstić information content (AvgIpc) is 2.59. The van der Waals surface area contributed by atoms with Crippen LogP contribution in [0.2, 0.25) is 0 Å². The number of amides is 1. The monoisotopic (exact) mass is 333 g/mol. The van der Waals surface area contributed by atoms with Gasteiger partial charge in [0, 0.05) is 25.9 Å². The summed E-state index contributed by atoms with van der Waals surface area (Å²) in [5.41, 5.74) is 0.0321. The van der Waals surface area contributed by atoms with Gasteiger partial charge in [0.1, 0.15) is 12.4 Å². The SMILES string of the molecule is CC(=O)N1CCCC(C(=O)COc2cccc(B(O)O)c2C=O)C1. The third kappa shape index (κ3) is 4.21. The first-order valence-corrected chi connectivity index (χ1v) is 7.79. The van der Waals surface area contributed by atoms with Crippen LogP contribution in [0.15, 0.2) is 18.2 Å². The largest absolute Gasteiger partial charge is 0.489 e. The van der Waals surface area contributed by atoms with Crippen molar-refractivity contribution in [2.45, 2.75) is 19.8 Å². The minimum atomic E-state index is -1.80. The molecule has 7 nitrogen and oxygen atoms in total. The van der Waals surface area contributed by atoms with Crippen LogP contribution >= 0.6 is 0 Å². The third-order valence-electron chi connectivity index (χ3n) is 4.19. The van der Waals surface area contributed by atoms with Crippen LogP contribution in [0.4, 0.5) is 0 Å². The standard InChI is InChI=1S/C16H20BNO6/c1-11(20)18-7-3-4-12(8-18)15(21)10-24-16-6-2-5-14(17(22)23)13(16)9-19/h2,5-6,9,12,22-23H,3-4,7-8,10H2,1H3. The summed E-state index contributed by atoms with van der Waals surface area (Å²) < 4.78 is 5.42. The molecule has 8 heteroatoms. The normalized spacial score (nSPS) is 17.3. The second-order valence-electron chi connectivity index (χ2n) is 5.81. The molecule has 2 N–H and O–H groups in total. The van der Waals surface area contributed by atoms with Gasteiger partial charge in [-0.1, -0.05) is 12.1 Å². The molecule has 0 aromatic heterocycles. The number of aldehydes is 1. The van der Waals surface area contributed by atoms with Crippen molar-refractivity contribution < 1.29 is 29.2 Å². The molecule has 1 aromatic rings. The van der Waals surface area contributed by atoms with E-state index in [0.717, 1.165) is 6.42 Å². The quantitative estimate of drug-likeness (QED) is 0.531. The van der Waals surface area contributed by atoms with Crippen LogP contribution in [-0.2, 0) is 9.59 Å². The summed E-state index contributed by atoms with van der Waals surface area (Å²) in [5, 5.41) is 18.5. The maximum absolute atomic E-state index is 12.3. The van der Waals surface area contributed by atoms with E-state index in [1.807, 2.05) is 0 Å². The van der Waals surface area contributed by atoms with E-state index in [-0.39, 0.29) is 41.0 Å². The summed E-state index contributed by atoms with van der Waals surface area (Å²) in [7, 11) is -1.80. The second-order valence-corrected chi connectivity index (χ2v) is 5.81. The van der Waals surface area contributed by atoms with Crippen LogP contribution in [0, 0.1) is 5.92 Å². The van der Waals surface area contributed by atoms with Crippen molar-refractivity contribution in [2.75, 3.05) is 19.7 Å². The number of ether oxygens (including phenoxy) is 1. The molecule has 0 radical (unpaired) electrons. The Hall–Kier alpha value is -2.19. The molecule has 1 amide bonds. The predicted octanol–water partition coefficient (Wildman–Crippen LogP) is -0.615. The van der Waals surface area contributed by atoms with Crippen LogP contribution in [0.3, 0.4) is 0 Å². The molecule has 0 spiro atoms. The molecule has 1 aliphatic heterocycles. The summed E-state index contributed by atoms with van der Waals surface area (Å²) in [6, 6.07) is 4.40. The van der Waals surface area contributed by atoms with Gasteiger partial charge in [-0.2, -0.15) is 0 Å². The Labute approximate surface area is 140 Å². The summed E-state index contributed by atoms with van der Waals surface area (Å²) in [5.74, 6) is -0.355. The first-order chi connectivity index (χ1) is 11.4. The minimum absolute atomic E-state index is 0.00862. The predicted molar refractivity (Wildman–Crippen MR) is 87.1 cm³/mol. The summed E-state index contributed by atoms with van der Waals surface area (Å²) >= 11 is 0. The zero-order chi connectivity index (χ0) is 17.7. The van der Waals surface area contributed by atoms with Gasteiger partial charge in [0.2, 0.25) is 5.91 Å². The Kier molecular flexibility index (Phi) is 6.11. The summed E-state index contributed by atoms with van der Waals surface area (Å²) in [6.45, 7) is 2.28. The van der Waals surface area contributed by atoms with E-state index in [1.54, 1.807) is 4.90 Å². The van der Waals surface area contributed by atoms with E-state index in [4.69, 9.17) is 4.74 Å². The van der Waals surface area contributed by atoms with E-state index >= 15 is 0 Å². The molecule has 0 aliphatic carbocycles. The lowest BCUT2D eigenvalue weighted by atomic mass is 9.77. The Morgan fingerprint density at radius 2 is 2.17 bits per heavy atom. The second kappa shape index (κ2) is 8.07. The Bertz CT molecular complexity index is 633. The highest BCUT2D eigenvalue weighted by molar-refractivity contribution is 6.60. The highest BCUT2D eigenvalue weighted by atomic mass is 16.5. The van der Waals surface area contributed by atoms with Gasteiger partial charge in [-0.3, -0.25) is 14.4 Å². The molecule has 0 bridgehead atoms. The van der Waals surface area contributed by atoms with E-state index in [2.05, 4.69) is 0 Å². The molecule has 1 atom stereocenters. The lowest BCUT2D eigenvalue weighted by Gasteiger charge is -2.31. The number of rotatable bonds is 6. The molecule has 24 heavy (non-hydrogen) atoms. The van der Waals surface area contributed by atoms with Crippen molar-refractivity contribution in [3.8, 4) is 5.75 Å².